The third-order valence-corrected chi connectivity index (χ3v) is 3.71. The maximum absolute atomic E-state index is 5.42. The number of benzene rings is 1. The predicted molar refractivity (Wildman–Crippen MR) is 75.6 cm³/mol. The van der Waals surface area contributed by atoms with Crippen molar-refractivity contribution in [2.24, 2.45) is 0 Å². The van der Waals surface area contributed by atoms with Crippen molar-refractivity contribution in [2.45, 2.75) is 6.54 Å². The number of nitrogens with one attached hydrogen (secondary N) is 1. The van der Waals surface area contributed by atoms with E-state index in [1.807, 2.05) is 25.2 Å². The molecular formula is C14H17NO2S. The lowest BCUT2D eigenvalue weighted by molar-refractivity contribution is 0.397. The molecule has 1 aromatic carbocycles. The Bertz CT molecular complexity index is 500. The summed E-state index contributed by atoms with van der Waals surface area (Å²) in [5.41, 5.74) is 2.29. The Kier molecular flexibility index (Phi) is 4.23. The van der Waals surface area contributed by atoms with Crippen molar-refractivity contribution in [2.75, 3.05) is 21.3 Å². The van der Waals surface area contributed by atoms with Gasteiger partial charge in [0.2, 0.25) is 0 Å². The van der Waals surface area contributed by atoms with Crippen molar-refractivity contribution in [1.29, 1.82) is 0 Å². The summed E-state index contributed by atoms with van der Waals surface area (Å²) in [7, 11) is 5.31. The summed E-state index contributed by atoms with van der Waals surface area (Å²) >= 11 is 1.70. The molecule has 1 aromatic heterocycles. The molecule has 0 saturated heterocycles. The van der Waals surface area contributed by atoms with Crippen molar-refractivity contribution in [1.82, 2.24) is 5.32 Å². The van der Waals surface area contributed by atoms with Crippen LogP contribution in [0.4, 0.5) is 0 Å². The van der Waals surface area contributed by atoms with Crippen LogP contribution in [0.2, 0.25) is 0 Å². The molecule has 0 unspecified atom stereocenters. The first-order valence-corrected chi connectivity index (χ1v) is 6.61. The fourth-order valence-corrected chi connectivity index (χ4v) is 2.87. The van der Waals surface area contributed by atoms with E-state index in [1.165, 1.54) is 5.56 Å². The van der Waals surface area contributed by atoms with Gasteiger partial charge in [0, 0.05) is 11.4 Å². The van der Waals surface area contributed by atoms with Gasteiger partial charge in [0.25, 0.3) is 0 Å². The highest BCUT2D eigenvalue weighted by molar-refractivity contribution is 7.13. The Hall–Kier alpha value is -1.52. The first-order valence-electron chi connectivity index (χ1n) is 5.73. The van der Waals surface area contributed by atoms with Crippen LogP contribution in [-0.4, -0.2) is 21.3 Å². The normalized spacial score (nSPS) is 10.4. The van der Waals surface area contributed by atoms with Crippen LogP contribution in [0.1, 0.15) is 5.56 Å². The van der Waals surface area contributed by atoms with Gasteiger partial charge >= 0.3 is 0 Å². The van der Waals surface area contributed by atoms with Crippen LogP contribution in [0.3, 0.4) is 0 Å². The Morgan fingerprint density at radius 3 is 2.39 bits per heavy atom. The first kappa shape index (κ1) is 12.9. The molecule has 0 radical (unpaired) electrons. The third-order valence-electron chi connectivity index (χ3n) is 2.71. The van der Waals surface area contributed by atoms with Crippen molar-refractivity contribution in [3.63, 3.8) is 0 Å². The predicted octanol–water partition coefficient (Wildman–Crippen LogP) is 3.15. The second-order valence-corrected chi connectivity index (χ2v) is 4.80. The molecule has 96 valence electrons. The molecule has 0 aliphatic carbocycles. The van der Waals surface area contributed by atoms with Gasteiger partial charge in [-0.2, -0.15) is 0 Å². The topological polar surface area (TPSA) is 30.5 Å². The fraction of sp³-hybridized carbons (Fsp3) is 0.286. The number of thiophene rings is 1. The van der Waals surface area contributed by atoms with Crippen LogP contribution >= 0.6 is 11.3 Å². The molecule has 1 heterocycles. The van der Waals surface area contributed by atoms with Gasteiger partial charge in [0.15, 0.2) is 0 Å². The van der Waals surface area contributed by atoms with Gasteiger partial charge in [-0.15, -0.1) is 11.3 Å². The molecule has 4 heteroatoms. The van der Waals surface area contributed by atoms with Crippen LogP contribution in [0.15, 0.2) is 29.6 Å². The first-order chi connectivity index (χ1) is 8.80. The lowest BCUT2D eigenvalue weighted by Crippen LogP contribution is -2.03. The summed E-state index contributed by atoms with van der Waals surface area (Å²) in [5.74, 6) is 1.68. The zero-order chi connectivity index (χ0) is 13.0. The largest absolute Gasteiger partial charge is 0.496 e. The summed E-state index contributed by atoms with van der Waals surface area (Å²) in [6.07, 6.45) is 0. The number of methoxy groups -OCH3 is 2. The number of hydrogen-bond donors (Lipinski definition) is 1. The van der Waals surface area contributed by atoms with Crippen molar-refractivity contribution in [3.8, 4) is 21.9 Å². The molecule has 2 aromatic rings. The molecule has 0 atom stereocenters. The maximum atomic E-state index is 5.42. The SMILES string of the molecule is CNCc1csc(-c2c(OC)cccc2OC)c1. The fourth-order valence-electron chi connectivity index (χ4n) is 1.90. The van der Waals surface area contributed by atoms with Crippen LogP contribution in [-0.2, 0) is 6.54 Å². The minimum atomic E-state index is 0.840. The van der Waals surface area contributed by atoms with Crippen molar-refractivity contribution < 1.29 is 9.47 Å². The van der Waals surface area contributed by atoms with E-state index in [1.54, 1.807) is 25.6 Å². The Labute approximate surface area is 111 Å². The number of ether oxygens (including phenoxy) is 2. The van der Waals surface area contributed by atoms with E-state index in [2.05, 4.69) is 16.8 Å². The van der Waals surface area contributed by atoms with E-state index in [9.17, 15) is 0 Å². The highest BCUT2D eigenvalue weighted by Crippen LogP contribution is 2.41. The van der Waals surface area contributed by atoms with Crippen LogP contribution in [0.5, 0.6) is 11.5 Å². The molecule has 18 heavy (non-hydrogen) atoms. The summed E-state index contributed by atoms with van der Waals surface area (Å²) in [6.45, 7) is 0.869. The van der Waals surface area contributed by atoms with E-state index < -0.39 is 0 Å². The number of hydrogen-bond acceptors (Lipinski definition) is 4. The highest BCUT2D eigenvalue weighted by Gasteiger charge is 2.14. The monoisotopic (exact) mass is 263 g/mol. The second kappa shape index (κ2) is 5.89. The number of rotatable bonds is 5. The van der Waals surface area contributed by atoms with E-state index in [0.717, 1.165) is 28.5 Å². The molecular weight excluding hydrogens is 246 g/mol. The van der Waals surface area contributed by atoms with Crippen LogP contribution in [0.25, 0.3) is 10.4 Å². The molecule has 0 aliphatic heterocycles. The average Bonchev–Trinajstić information content (AvgIpc) is 2.86. The standard InChI is InChI=1S/C14H17NO2S/c1-15-8-10-7-13(18-9-10)14-11(16-2)5-4-6-12(14)17-3/h4-7,9,15H,8H2,1-3H3. The van der Waals surface area contributed by atoms with Crippen molar-refractivity contribution in [3.05, 3.63) is 35.2 Å². The molecule has 1 N–H and O–H groups in total. The molecule has 3 nitrogen and oxygen atoms in total. The molecule has 0 saturated carbocycles. The Morgan fingerprint density at radius 2 is 1.83 bits per heavy atom. The average molecular weight is 263 g/mol. The van der Waals surface area contributed by atoms with Crippen LogP contribution < -0.4 is 14.8 Å². The van der Waals surface area contributed by atoms with E-state index >= 15 is 0 Å². The van der Waals surface area contributed by atoms with Gasteiger partial charge in [0.05, 0.1) is 19.8 Å². The minimum Gasteiger partial charge on any atom is -0.496 e. The molecule has 0 amide bonds. The maximum Gasteiger partial charge on any atom is 0.131 e. The summed E-state index contributed by atoms with van der Waals surface area (Å²) < 4.78 is 10.8. The third kappa shape index (κ3) is 2.49. The molecule has 0 aliphatic rings. The molecule has 2 rings (SSSR count). The van der Waals surface area contributed by atoms with E-state index in [0.29, 0.717) is 0 Å². The van der Waals surface area contributed by atoms with E-state index in [-0.39, 0.29) is 0 Å². The summed E-state index contributed by atoms with van der Waals surface area (Å²) in [4.78, 5) is 1.16. The lowest BCUT2D eigenvalue weighted by atomic mass is 10.1. The van der Waals surface area contributed by atoms with Gasteiger partial charge in [0.1, 0.15) is 11.5 Å². The summed E-state index contributed by atoms with van der Waals surface area (Å²) in [5, 5.41) is 5.30. The van der Waals surface area contributed by atoms with Gasteiger partial charge in [-0.25, -0.2) is 0 Å². The zero-order valence-corrected chi connectivity index (χ0v) is 11.6. The molecule has 0 fully saturated rings. The van der Waals surface area contributed by atoms with E-state index in [4.69, 9.17) is 9.47 Å². The van der Waals surface area contributed by atoms with Crippen molar-refractivity contribution >= 4 is 11.3 Å². The quantitative estimate of drug-likeness (QED) is 0.899. The van der Waals surface area contributed by atoms with Gasteiger partial charge < -0.3 is 14.8 Å². The second-order valence-electron chi connectivity index (χ2n) is 3.89. The Morgan fingerprint density at radius 1 is 1.17 bits per heavy atom. The summed E-state index contributed by atoms with van der Waals surface area (Å²) in [6, 6.07) is 8.01. The smallest absolute Gasteiger partial charge is 0.131 e. The highest BCUT2D eigenvalue weighted by atomic mass is 32.1. The van der Waals surface area contributed by atoms with Gasteiger partial charge in [-0.3, -0.25) is 0 Å². The Balaban J connectivity index is 2.47. The van der Waals surface area contributed by atoms with Crippen LogP contribution in [0, 0.1) is 0 Å². The minimum absolute atomic E-state index is 0.840. The molecule has 0 spiro atoms. The van der Waals surface area contributed by atoms with Gasteiger partial charge in [-0.1, -0.05) is 6.07 Å². The lowest BCUT2D eigenvalue weighted by Gasteiger charge is -2.11. The van der Waals surface area contributed by atoms with Gasteiger partial charge in [-0.05, 0) is 36.2 Å². The molecule has 0 bridgehead atoms. The zero-order valence-electron chi connectivity index (χ0n) is 10.8.